The van der Waals surface area contributed by atoms with Gasteiger partial charge in [-0.25, -0.2) is 0 Å². The van der Waals surface area contributed by atoms with E-state index in [0.717, 1.165) is 37.9 Å². The molecule has 0 bridgehead atoms. The molecule has 7 nitrogen and oxygen atoms in total. The van der Waals surface area contributed by atoms with Crippen LogP contribution in [0.25, 0.3) is 0 Å². The van der Waals surface area contributed by atoms with Gasteiger partial charge in [0.1, 0.15) is 6.61 Å². The first kappa shape index (κ1) is 40.2. The molecule has 1 atom stereocenters. The Morgan fingerprint density at radius 2 is 1.26 bits per heavy atom. The number of carbonyl (C=O) groups excluding carboxylic acids is 2. The summed E-state index contributed by atoms with van der Waals surface area (Å²) in [7, 11) is 0. The van der Waals surface area contributed by atoms with Gasteiger partial charge < -0.3 is 24.0 Å². The average Bonchev–Trinajstić information content (AvgIpc) is 3.06. The first-order chi connectivity index (χ1) is 21.2. The SMILES string of the molecule is C.C.CCC(C)(C)C(=O)OCCCCN1c2ccccc2N(c2ccccc2)c2ccccc21.CCOCCOC(=O)[C@H](C)CC. The van der Waals surface area contributed by atoms with E-state index in [2.05, 4.69) is 82.6 Å². The highest BCUT2D eigenvalue weighted by Crippen LogP contribution is 2.51. The van der Waals surface area contributed by atoms with Crippen LogP contribution in [0.4, 0.5) is 28.4 Å². The number of rotatable bonds is 14. The van der Waals surface area contributed by atoms with Crippen LogP contribution in [-0.4, -0.2) is 44.9 Å². The third kappa shape index (κ3) is 10.9. The van der Waals surface area contributed by atoms with Crippen molar-refractivity contribution in [2.45, 2.75) is 82.1 Å². The molecule has 0 radical (unpaired) electrons. The number of ether oxygens (including phenoxy) is 3. The lowest BCUT2D eigenvalue weighted by molar-refractivity contribution is -0.154. The predicted octanol–water partition coefficient (Wildman–Crippen LogP) is 10.3. The molecule has 0 N–H and O–H groups in total. The van der Waals surface area contributed by atoms with Gasteiger partial charge in [0.2, 0.25) is 0 Å². The maximum atomic E-state index is 12.2. The van der Waals surface area contributed by atoms with Crippen molar-refractivity contribution in [1.82, 2.24) is 0 Å². The monoisotopic (exact) mass is 634 g/mol. The van der Waals surface area contributed by atoms with E-state index in [4.69, 9.17) is 14.2 Å². The van der Waals surface area contributed by atoms with Crippen LogP contribution < -0.4 is 9.80 Å². The third-order valence-corrected chi connectivity index (χ3v) is 7.98. The normalized spacial score (nSPS) is 12.2. The number of nitrogens with zero attached hydrogens (tertiary/aromatic N) is 2. The van der Waals surface area contributed by atoms with Crippen LogP contribution in [-0.2, 0) is 23.8 Å². The Balaban J connectivity index is 0.000000649. The Morgan fingerprint density at radius 1 is 0.717 bits per heavy atom. The van der Waals surface area contributed by atoms with Gasteiger partial charge in [0.15, 0.2) is 0 Å². The van der Waals surface area contributed by atoms with E-state index in [-0.39, 0.29) is 32.7 Å². The van der Waals surface area contributed by atoms with E-state index in [0.29, 0.717) is 26.4 Å². The zero-order valence-electron chi connectivity index (χ0n) is 27.4. The van der Waals surface area contributed by atoms with Gasteiger partial charge >= 0.3 is 11.9 Å². The van der Waals surface area contributed by atoms with Crippen LogP contribution >= 0.6 is 0 Å². The molecule has 0 aliphatic carbocycles. The lowest BCUT2D eigenvalue weighted by atomic mass is 9.91. The van der Waals surface area contributed by atoms with Crippen molar-refractivity contribution < 1.29 is 23.8 Å². The van der Waals surface area contributed by atoms with Crippen molar-refractivity contribution in [3.05, 3.63) is 78.9 Å². The van der Waals surface area contributed by atoms with Crippen molar-refractivity contribution in [2.24, 2.45) is 11.3 Å². The molecular formula is C39H58N2O5. The summed E-state index contributed by atoms with van der Waals surface area (Å²) in [6, 6.07) is 27.6. The molecule has 0 fully saturated rings. The summed E-state index contributed by atoms with van der Waals surface area (Å²) in [5.41, 5.74) is 5.48. The van der Waals surface area contributed by atoms with Gasteiger partial charge in [-0.15, -0.1) is 0 Å². The summed E-state index contributed by atoms with van der Waals surface area (Å²) >= 11 is 0. The smallest absolute Gasteiger partial charge is 0.311 e. The first-order valence-electron chi connectivity index (χ1n) is 16.0. The van der Waals surface area contributed by atoms with Gasteiger partial charge in [-0.1, -0.05) is 78.1 Å². The molecule has 46 heavy (non-hydrogen) atoms. The molecule has 0 saturated carbocycles. The summed E-state index contributed by atoms with van der Waals surface area (Å²) in [6.07, 6.45) is 3.39. The minimum absolute atomic E-state index is 0. The number of carbonyl (C=O) groups is 2. The second kappa shape index (κ2) is 20.3. The molecule has 4 rings (SSSR count). The Morgan fingerprint density at radius 3 is 1.78 bits per heavy atom. The van der Waals surface area contributed by atoms with Gasteiger partial charge in [0.25, 0.3) is 0 Å². The van der Waals surface area contributed by atoms with Crippen molar-refractivity contribution in [1.29, 1.82) is 0 Å². The molecule has 1 aliphatic heterocycles. The van der Waals surface area contributed by atoms with Crippen molar-refractivity contribution in [2.75, 3.05) is 42.8 Å². The van der Waals surface area contributed by atoms with Gasteiger partial charge in [0, 0.05) is 18.8 Å². The number of fused-ring (bicyclic) bond motifs is 2. The van der Waals surface area contributed by atoms with E-state index in [1.807, 2.05) is 47.6 Å². The summed E-state index contributed by atoms with van der Waals surface area (Å²) in [5.74, 6) is -0.226. The fraction of sp³-hybridized carbons (Fsp3) is 0.487. The lowest BCUT2D eigenvalue weighted by Crippen LogP contribution is -2.28. The summed E-state index contributed by atoms with van der Waals surface area (Å²) < 4.78 is 15.5. The van der Waals surface area contributed by atoms with Crippen LogP contribution in [0.2, 0.25) is 0 Å². The van der Waals surface area contributed by atoms with Gasteiger partial charge in [-0.05, 0) is 82.9 Å². The maximum Gasteiger partial charge on any atom is 0.311 e. The van der Waals surface area contributed by atoms with Crippen molar-refractivity contribution in [3.63, 3.8) is 0 Å². The predicted molar refractivity (Wildman–Crippen MR) is 193 cm³/mol. The van der Waals surface area contributed by atoms with E-state index >= 15 is 0 Å². The van der Waals surface area contributed by atoms with Gasteiger partial charge in [0.05, 0.1) is 47.3 Å². The Hall–Kier alpha value is -3.84. The molecule has 1 heterocycles. The molecule has 0 unspecified atom stereocenters. The molecule has 0 aromatic heterocycles. The molecule has 0 amide bonds. The van der Waals surface area contributed by atoms with Crippen LogP contribution in [0.3, 0.4) is 0 Å². The summed E-state index contributed by atoms with van der Waals surface area (Å²) in [4.78, 5) is 28.0. The number of hydrogen-bond acceptors (Lipinski definition) is 7. The zero-order chi connectivity index (χ0) is 32.0. The largest absolute Gasteiger partial charge is 0.465 e. The highest BCUT2D eigenvalue weighted by atomic mass is 16.6. The molecule has 3 aromatic rings. The number of para-hydroxylation sites is 5. The molecular weight excluding hydrogens is 576 g/mol. The average molecular weight is 635 g/mol. The topological polar surface area (TPSA) is 68.3 Å². The number of esters is 2. The van der Waals surface area contributed by atoms with E-state index in [1.54, 1.807) is 0 Å². The minimum atomic E-state index is -0.411. The number of hydrogen-bond donors (Lipinski definition) is 0. The van der Waals surface area contributed by atoms with Crippen molar-refractivity contribution in [3.8, 4) is 0 Å². The fourth-order valence-electron chi connectivity index (χ4n) is 4.65. The van der Waals surface area contributed by atoms with E-state index < -0.39 is 5.41 Å². The molecule has 0 spiro atoms. The maximum absolute atomic E-state index is 12.2. The zero-order valence-corrected chi connectivity index (χ0v) is 27.4. The lowest BCUT2D eigenvalue weighted by Gasteiger charge is -2.40. The third-order valence-electron chi connectivity index (χ3n) is 7.98. The first-order valence-corrected chi connectivity index (χ1v) is 16.0. The molecule has 0 saturated heterocycles. The van der Waals surface area contributed by atoms with Crippen LogP contribution in [0.5, 0.6) is 0 Å². The minimum Gasteiger partial charge on any atom is -0.465 e. The summed E-state index contributed by atoms with van der Waals surface area (Å²) in [5, 5.41) is 0. The number of unbranched alkanes of at least 4 members (excludes halogenated alkanes) is 1. The molecule has 254 valence electrons. The van der Waals surface area contributed by atoms with Gasteiger partial charge in [-0.3, -0.25) is 9.59 Å². The van der Waals surface area contributed by atoms with Crippen molar-refractivity contribution >= 4 is 40.4 Å². The van der Waals surface area contributed by atoms with Gasteiger partial charge in [-0.2, -0.15) is 0 Å². The highest BCUT2D eigenvalue weighted by molar-refractivity contribution is 5.97. The van der Waals surface area contributed by atoms with Crippen LogP contribution in [0, 0.1) is 11.3 Å². The molecule has 7 heteroatoms. The second-order valence-corrected chi connectivity index (χ2v) is 11.6. The van der Waals surface area contributed by atoms with E-state index in [1.165, 1.54) is 22.7 Å². The standard InChI is InChI=1S/C28H32N2O2.C9H18O3.2CH4/c1-4-28(2,3)27(31)32-21-13-12-20-29-23-16-8-10-18-25(23)30(22-14-6-5-7-15-22)26-19-11-9-17-24(26)29;1-4-8(3)9(10)12-7-6-11-5-2;;/h5-11,14-19H,4,12-13,20-21H2,1-3H3;8H,4-7H2,1-3H3;2*1H4/t;8-;;/m.1../s1. The van der Waals surface area contributed by atoms with Crippen LogP contribution in [0.1, 0.15) is 82.1 Å². The Bertz CT molecular complexity index is 1260. The second-order valence-electron chi connectivity index (χ2n) is 11.6. The highest BCUT2D eigenvalue weighted by Gasteiger charge is 2.29. The van der Waals surface area contributed by atoms with Crippen LogP contribution in [0.15, 0.2) is 78.9 Å². The quantitative estimate of drug-likeness (QED) is 0.129. The molecule has 1 aliphatic rings. The Kier molecular flexibility index (Phi) is 17.7. The number of anilines is 5. The van der Waals surface area contributed by atoms with E-state index in [9.17, 15) is 9.59 Å². The Labute approximate surface area is 278 Å². The fourth-order valence-corrected chi connectivity index (χ4v) is 4.65. The summed E-state index contributed by atoms with van der Waals surface area (Å²) in [6.45, 7) is 14.5. The molecule has 3 aromatic carbocycles. The number of benzene rings is 3.